The summed E-state index contributed by atoms with van der Waals surface area (Å²) < 4.78 is 1.86. The molecule has 0 spiro atoms. The molecule has 0 atom stereocenters. The lowest BCUT2D eigenvalue weighted by atomic mass is 10.2. The number of nitrogens with zero attached hydrogens (tertiary/aromatic N) is 4. The predicted octanol–water partition coefficient (Wildman–Crippen LogP) is 3.07. The molecule has 0 bridgehead atoms. The molecule has 0 aliphatic rings. The Hall–Kier alpha value is -3.40. The van der Waals surface area contributed by atoms with Gasteiger partial charge < -0.3 is 0 Å². The second-order valence-corrected chi connectivity index (χ2v) is 6.14. The van der Waals surface area contributed by atoms with E-state index >= 15 is 0 Å². The van der Waals surface area contributed by atoms with E-state index < -0.39 is 21.2 Å². The number of aromatic nitrogens is 1. The van der Waals surface area contributed by atoms with E-state index in [0.29, 0.717) is 5.39 Å². The van der Waals surface area contributed by atoms with Crippen LogP contribution in [0.4, 0.5) is 11.4 Å². The van der Waals surface area contributed by atoms with Gasteiger partial charge in [-0.2, -0.15) is 5.10 Å². The fourth-order valence-electron chi connectivity index (χ4n) is 2.23. The third-order valence-corrected chi connectivity index (χ3v) is 4.43. The predicted molar refractivity (Wildman–Crippen MR) is 93.6 cm³/mol. The molecule has 0 aliphatic heterocycles. The Bertz CT molecular complexity index is 1100. The maximum Gasteiger partial charge on any atom is 0.289 e. The van der Waals surface area contributed by atoms with Crippen molar-refractivity contribution in [2.75, 3.05) is 0 Å². The molecule has 0 unspecified atom stereocenters. The Morgan fingerprint density at radius 3 is 2.56 bits per heavy atom. The topological polar surface area (TPSA) is 121 Å². The molecule has 0 saturated heterocycles. The van der Waals surface area contributed by atoms with E-state index in [2.05, 4.69) is 5.10 Å². The van der Waals surface area contributed by atoms with E-state index in [1.54, 1.807) is 12.1 Å². The van der Waals surface area contributed by atoms with Gasteiger partial charge in [-0.15, -0.1) is 4.07 Å². The molecule has 2 aromatic carbocycles. The number of nitro groups is 2. The second-order valence-electron chi connectivity index (χ2n) is 5.17. The highest BCUT2D eigenvalue weighted by atomic mass is 32.1. The number of benzene rings is 2. The molecule has 126 valence electrons. The van der Waals surface area contributed by atoms with Gasteiger partial charge in [0.15, 0.2) is 0 Å². The van der Waals surface area contributed by atoms with Crippen molar-refractivity contribution in [1.29, 1.82) is 0 Å². The SMILES string of the molecule is Cc1ccc2sn(/N=C/c3ccc([N+](=O)[O-])cc3[N+](=O)[O-])c(=O)c2c1. The minimum Gasteiger partial charge on any atom is -0.266 e. The van der Waals surface area contributed by atoms with E-state index in [9.17, 15) is 25.0 Å². The normalized spacial score (nSPS) is 11.2. The molecule has 0 radical (unpaired) electrons. The average molecular weight is 358 g/mol. The van der Waals surface area contributed by atoms with Gasteiger partial charge in [-0.3, -0.25) is 25.0 Å². The summed E-state index contributed by atoms with van der Waals surface area (Å²) in [5.74, 6) is 0. The van der Waals surface area contributed by atoms with Crippen LogP contribution in [0.25, 0.3) is 10.1 Å². The van der Waals surface area contributed by atoms with Crippen LogP contribution in [0.3, 0.4) is 0 Å². The number of rotatable bonds is 4. The molecule has 10 heteroatoms. The maximum absolute atomic E-state index is 12.3. The van der Waals surface area contributed by atoms with Crippen molar-refractivity contribution in [3.63, 3.8) is 0 Å². The molecule has 3 aromatic rings. The van der Waals surface area contributed by atoms with Gasteiger partial charge in [-0.05, 0) is 36.7 Å². The standard InChI is InChI=1S/C15H10N4O5S/c1-9-2-5-14-12(6-9)15(20)17(25-14)16-8-10-3-4-11(18(21)22)7-13(10)19(23)24/h2-8H,1H3/b16-8+. The van der Waals surface area contributed by atoms with Crippen LogP contribution in [0, 0.1) is 27.2 Å². The molecule has 3 rings (SSSR count). The molecular weight excluding hydrogens is 348 g/mol. The van der Waals surface area contributed by atoms with Crippen LogP contribution < -0.4 is 5.56 Å². The lowest BCUT2D eigenvalue weighted by Crippen LogP contribution is -2.08. The van der Waals surface area contributed by atoms with Crippen LogP contribution in [0.1, 0.15) is 11.1 Å². The van der Waals surface area contributed by atoms with Gasteiger partial charge in [0.2, 0.25) is 0 Å². The van der Waals surface area contributed by atoms with Crippen molar-refractivity contribution in [2.24, 2.45) is 5.10 Å². The van der Waals surface area contributed by atoms with Crippen molar-refractivity contribution in [3.05, 3.63) is 78.1 Å². The zero-order valence-electron chi connectivity index (χ0n) is 12.8. The van der Waals surface area contributed by atoms with E-state index in [4.69, 9.17) is 0 Å². The molecule has 25 heavy (non-hydrogen) atoms. The van der Waals surface area contributed by atoms with E-state index in [0.717, 1.165) is 44.2 Å². The smallest absolute Gasteiger partial charge is 0.266 e. The van der Waals surface area contributed by atoms with Gasteiger partial charge in [0.05, 0.1) is 37.8 Å². The van der Waals surface area contributed by atoms with Gasteiger partial charge in [0.25, 0.3) is 16.9 Å². The summed E-state index contributed by atoms with van der Waals surface area (Å²) in [6.45, 7) is 1.87. The molecular formula is C15H10N4O5S. The molecule has 0 aliphatic carbocycles. The number of hydrogen-bond acceptors (Lipinski definition) is 7. The minimum atomic E-state index is -0.731. The molecule has 0 fully saturated rings. The Balaban J connectivity index is 2.05. The van der Waals surface area contributed by atoms with Crippen LogP contribution in [0.15, 0.2) is 46.3 Å². The quantitative estimate of drug-likeness (QED) is 0.403. The van der Waals surface area contributed by atoms with Gasteiger partial charge in [-0.25, -0.2) is 0 Å². The molecule has 1 heterocycles. The van der Waals surface area contributed by atoms with Crippen LogP contribution in [0.2, 0.25) is 0 Å². The highest BCUT2D eigenvalue weighted by Gasteiger charge is 2.18. The zero-order valence-corrected chi connectivity index (χ0v) is 13.6. The number of hydrogen-bond donors (Lipinski definition) is 0. The summed E-state index contributed by atoms with van der Waals surface area (Å²) in [7, 11) is 0. The van der Waals surface area contributed by atoms with Gasteiger partial charge in [-0.1, -0.05) is 11.6 Å². The van der Waals surface area contributed by atoms with Crippen LogP contribution in [-0.2, 0) is 0 Å². The average Bonchev–Trinajstić information content (AvgIpc) is 2.88. The van der Waals surface area contributed by atoms with Crippen molar-refractivity contribution >= 4 is 39.2 Å². The zero-order chi connectivity index (χ0) is 18.1. The van der Waals surface area contributed by atoms with Crippen LogP contribution in [0.5, 0.6) is 0 Å². The summed E-state index contributed by atoms with van der Waals surface area (Å²) in [4.78, 5) is 32.7. The number of nitro benzene ring substituents is 2. The Labute approximate surface area is 143 Å². The fraction of sp³-hybridized carbons (Fsp3) is 0.0667. The number of fused-ring (bicyclic) bond motifs is 1. The van der Waals surface area contributed by atoms with Crippen molar-refractivity contribution < 1.29 is 9.85 Å². The summed E-state index contributed by atoms with van der Waals surface area (Å²) in [5, 5.41) is 26.4. The van der Waals surface area contributed by atoms with Gasteiger partial charge >= 0.3 is 0 Å². The highest BCUT2D eigenvalue weighted by Crippen LogP contribution is 2.23. The molecule has 0 amide bonds. The lowest BCUT2D eigenvalue weighted by molar-refractivity contribution is -0.394. The van der Waals surface area contributed by atoms with Gasteiger partial charge in [0.1, 0.15) is 0 Å². The Kier molecular flexibility index (Phi) is 4.11. The Morgan fingerprint density at radius 1 is 1.12 bits per heavy atom. The second kappa shape index (κ2) is 6.24. The van der Waals surface area contributed by atoms with Crippen LogP contribution in [-0.4, -0.2) is 20.1 Å². The molecule has 0 saturated carbocycles. The lowest BCUT2D eigenvalue weighted by Gasteiger charge is -1.97. The first-order chi connectivity index (χ1) is 11.9. The van der Waals surface area contributed by atoms with Crippen LogP contribution >= 0.6 is 11.5 Å². The third kappa shape index (κ3) is 3.15. The van der Waals surface area contributed by atoms with E-state index in [1.165, 1.54) is 6.07 Å². The van der Waals surface area contributed by atoms with Gasteiger partial charge in [0, 0.05) is 6.07 Å². The first-order valence-corrected chi connectivity index (χ1v) is 7.74. The van der Waals surface area contributed by atoms with Crippen molar-refractivity contribution in [2.45, 2.75) is 6.92 Å². The molecule has 9 nitrogen and oxygen atoms in total. The summed E-state index contributed by atoms with van der Waals surface area (Å²) in [6.07, 6.45) is 1.14. The molecule has 1 aromatic heterocycles. The first-order valence-electron chi connectivity index (χ1n) is 6.96. The van der Waals surface area contributed by atoms with E-state index in [1.807, 2.05) is 13.0 Å². The third-order valence-electron chi connectivity index (χ3n) is 3.45. The summed E-state index contributed by atoms with van der Waals surface area (Å²) in [6, 6.07) is 8.64. The maximum atomic E-state index is 12.3. The van der Waals surface area contributed by atoms with E-state index in [-0.39, 0.29) is 11.1 Å². The largest absolute Gasteiger partial charge is 0.289 e. The highest BCUT2D eigenvalue weighted by molar-refractivity contribution is 7.13. The summed E-state index contributed by atoms with van der Waals surface area (Å²) in [5.41, 5.74) is -0.175. The summed E-state index contributed by atoms with van der Waals surface area (Å²) >= 11 is 1.10. The Morgan fingerprint density at radius 2 is 1.88 bits per heavy atom. The monoisotopic (exact) mass is 358 g/mol. The van der Waals surface area contributed by atoms with Crippen molar-refractivity contribution in [3.8, 4) is 0 Å². The fourth-order valence-corrected chi connectivity index (χ4v) is 3.07. The first kappa shape index (κ1) is 16.5. The number of aryl methyl sites for hydroxylation is 1. The minimum absolute atomic E-state index is 0.0659. The van der Waals surface area contributed by atoms with Crippen molar-refractivity contribution in [1.82, 2.24) is 4.07 Å². The molecule has 0 N–H and O–H groups in total. The number of non-ortho nitro benzene ring substituents is 1.